The lowest BCUT2D eigenvalue weighted by molar-refractivity contribution is 0.112. The van der Waals surface area contributed by atoms with Crippen LogP contribution in [0.3, 0.4) is 0 Å². The second-order valence-corrected chi connectivity index (χ2v) is 6.40. The molecule has 104 valence electrons. The first-order chi connectivity index (χ1) is 9.79. The van der Waals surface area contributed by atoms with Gasteiger partial charge in [0.15, 0.2) is 6.29 Å². The molecule has 2 aromatic carbocycles. The Morgan fingerprint density at radius 2 is 1.75 bits per heavy atom. The first-order valence-electron chi connectivity index (χ1n) is 6.94. The molecule has 1 fully saturated rings. The van der Waals surface area contributed by atoms with Gasteiger partial charge in [-0.25, -0.2) is 8.93 Å². The molecule has 0 saturated heterocycles. The normalized spacial score (nSPS) is 17.4. The molecule has 4 heteroatoms. The van der Waals surface area contributed by atoms with Gasteiger partial charge < -0.3 is 0 Å². The summed E-state index contributed by atoms with van der Waals surface area (Å²) in [5, 5.41) is 1.75. The fourth-order valence-corrected chi connectivity index (χ4v) is 4.05. The zero-order valence-corrected chi connectivity index (χ0v) is 12.0. The third kappa shape index (κ3) is 2.53. The van der Waals surface area contributed by atoms with Gasteiger partial charge in [0.25, 0.3) is 0 Å². The fourth-order valence-electron chi connectivity index (χ4n) is 2.82. The van der Waals surface area contributed by atoms with Crippen LogP contribution in [0.5, 0.6) is 0 Å². The number of carbonyl (C=O) groups excluding carboxylic acids is 1. The van der Waals surface area contributed by atoms with E-state index < -0.39 is 11.0 Å². The topological polar surface area (TPSA) is 46.2 Å². The van der Waals surface area contributed by atoms with Crippen molar-refractivity contribution in [3.63, 3.8) is 0 Å². The van der Waals surface area contributed by atoms with Gasteiger partial charge in [0.1, 0.15) is 11.0 Å². The van der Waals surface area contributed by atoms with Crippen molar-refractivity contribution in [3.8, 4) is 0 Å². The van der Waals surface area contributed by atoms with Crippen molar-refractivity contribution in [2.24, 2.45) is 0 Å². The summed E-state index contributed by atoms with van der Waals surface area (Å²) in [7, 11) is -1.22. The third-order valence-electron chi connectivity index (χ3n) is 3.87. The van der Waals surface area contributed by atoms with Crippen molar-refractivity contribution in [1.82, 2.24) is 4.72 Å². The van der Waals surface area contributed by atoms with Gasteiger partial charge >= 0.3 is 0 Å². The van der Waals surface area contributed by atoms with Gasteiger partial charge in [0.2, 0.25) is 0 Å². The van der Waals surface area contributed by atoms with Gasteiger partial charge in [-0.2, -0.15) is 0 Å². The maximum Gasteiger partial charge on any atom is 0.150 e. The number of carbonyl (C=O) groups is 1. The van der Waals surface area contributed by atoms with Crippen LogP contribution in [0.2, 0.25) is 0 Å². The summed E-state index contributed by atoms with van der Waals surface area (Å²) >= 11 is 0. The summed E-state index contributed by atoms with van der Waals surface area (Å²) in [5.41, 5.74) is 0.641. The quantitative estimate of drug-likeness (QED) is 0.878. The molecule has 1 N–H and O–H groups in total. The van der Waals surface area contributed by atoms with Crippen LogP contribution in [0.25, 0.3) is 10.8 Å². The highest BCUT2D eigenvalue weighted by molar-refractivity contribution is 7.83. The Balaban J connectivity index is 1.98. The van der Waals surface area contributed by atoms with E-state index in [0.29, 0.717) is 11.6 Å². The first-order valence-corrected chi connectivity index (χ1v) is 8.09. The highest BCUT2D eigenvalue weighted by Gasteiger charge is 2.19. The maximum atomic E-state index is 12.5. The predicted octanol–water partition coefficient (Wildman–Crippen LogP) is 3.21. The van der Waals surface area contributed by atoms with Crippen LogP contribution in [-0.2, 0) is 11.0 Å². The smallest absolute Gasteiger partial charge is 0.150 e. The van der Waals surface area contributed by atoms with Crippen LogP contribution in [0.1, 0.15) is 36.0 Å². The predicted molar refractivity (Wildman–Crippen MR) is 81.1 cm³/mol. The number of fused-ring (bicyclic) bond motifs is 1. The summed E-state index contributed by atoms with van der Waals surface area (Å²) in [6, 6.07) is 11.5. The minimum atomic E-state index is -1.22. The Morgan fingerprint density at radius 1 is 1.05 bits per heavy atom. The molecule has 3 nitrogen and oxygen atoms in total. The molecular formula is C16H17NO2S. The summed E-state index contributed by atoms with van der Waals surface area (Å²) in [6.45, 7) is 0. The van der Waals surface area contributed by atoms with E-state index in [1.807, 2.05) is 24.3 Å². The lowest BCUT2D eigenvalue weighted by Crippen LogP contribution is -2.28. The van der Waals surface area contributed by atoms with Gasteiger partial charge in [-0.15, -0.1) is 0 Å². The Morgan fingerprint density at radius 3 is 2.45 bits per heavy atom. The van der Waals surface area contributed by atoms with Crippen LogP contribution >= 0.6 is 0 Å². The molecule has 2 aromatic rings. The Hall–Kier alpha value is -1.52. The molecule has 1 unspecified atom stereocenters. The Labute approximate surface area is 121 Å². The highest BCUT2D eigenvalue weighted by atomic mass is 32.2. The van der Waals surface area contributed by atoms with E-state index in [2.05, 4.69) is 4.72 Å². The highest BCUT2D eigenvalue weighted by Crippen LogP contribution is 2.25. The Bertz CT molecular complexity index is 663. The monoisotopic (exact) mass is 287 g/mol. The SMILES string of the molecule is O=Cc1ccc(S(=O)NC2CCCC2)c2ccccc12. The number of benzene rings is 2. The summed E-state index contributed by atoms with van der Waals surface area (Å²) in [6.07, 6.45) is 5.45. The molecule has 20 heavy (non-hydrogen) atoms. The van der Waals surface area contributed by atoms with E-state index in [0.717, 1.165) is 34.8 Å². The van der Waals surface area contributed by atoms with E-state index in [-0.39, 0.29) is 0 Å². The van der Waals surface area contributed by atoms with Crippen LogP contribution in [-0.4, -0.2) is 16.5 Å². The summed E-state index contributed by atoms with van der Waals surface area (Å²) in [5.74, 6) is 0. The van der Waals surface area contributed by atoms with E-state index in [1.165, 1.54) is 12.8 Å². The van der Waals surface area contributed by atoms with E-state index in [9.17, 15) is 9.00 Å². The molecule has 0 bridgehead atoms. The van der Waals surface area contributed by atoms with E-state index in [4.69, 9.17) is 0 Å². The molecule has 0 aliphatic heterocycles. The molecule has 0 spiro atoms. The molecular weight excluding hydrogens is 270 g/mol. The maximum absolute atomic E-state index is 12.5. The molecule has 0 heterocycles. The molecule has 1 saturated carbocycles. The fraction of sp³-hybridized carbons (Fsp3) is 0.312. The second kappa shape index (κ2) is 5.85. The summed E-state index contributed by atoms with van der Waals surface area (Å²) in [4.78, 5) is 11.9. The van der Waals surface area contributed by atoms with Crippen molar-refractivity contribution in [2.75, 3.05) is 0 Å². The lowest BCUT2D eigenvalue weighted by atomic mass is 10.1. The minimum absolute atomic E-state index is 0.348. The van der Waals surface area contributed by atoms with E-state index in [1.54, 1.807) is 12.1 Å². The first kappa shape index (κ1) is 13.5. The molecule has 1 aliphatic carbocycles. The molecule has 0 amide bonds. The molecule has 3 rings (SSSR count). The molecule has 1 aliphatic rings. The van der Waals surface area contributed by atoms with Crippen LogP contribution < -0.4 is 4.72 Å². The number of nitrogens with one attached hydrogen (secondary N) is 1. The zero-order valence-electron chi connectivity index (χ0n) is 11.2. The van der Waals surface area contributed by atoms with Gasteiger partial charge in [0, 0.05) is 11.6 Å². The Kier molecular flexibility index (Phi) is 3.94. The average Bonchev–Trinajstić information content (AvgIpc) is 2.99. The second-order valence-electron chi connectivity index (χ2n) is 5.18. The van der Waals surface area contributed by atoms with Gasteiger partial charge in [-0.3, -0.25) is 4.79 Å². The average molecular weight is 287 g/mol. The zero-order chi connectivity index (χ0) is 13.9. The third-order valence-corrected chi connectivity index (χ3v) is 5.18. The van der Waals surface area contributed by atoms with Gasteiger partial charge in [-0.05, 0) is 35.7 Å². The van der Waals surface area contributed by atoms with E-state index >= 15 is 0 Å². The van der Waals surface area contributed by atoms with Crippen LogP contribution in [0.4, 0.5) is 0 Å². The number of hydrogen-bond acceptors (Lipinski definition) is 2. The molecule has 0 radical (unpaired) electrons. The molecule has 0 aromatic heterocycles. The van der Waals surface area contributed by atoms with Crippen LogP contribution in [0, 0.1) is 0 Å². The van der Waals surface area contributed by atoms with Gasteiger partial charge in [0.05, 0.1) is 4.90 Å². The number of rotatable bonds is 4. The largest absolute Gasteiger partial charge is 0.298 e. The summed E-state index contributed by atoms with van der Waals surface area (Å²) < 4.78 is 15.7. The van der Waals surface area contributed by atoms with Crippen molar-refractivity contribution in [2.45, 2.75) is 36.6 Å². The lowest BCUT2D eigenvalue weighted by Gasteiger charge is -2.13. The minimum Gasteiger partial charge on any atom is -0.298 e. The number of hydrogen-bond donors (Lipinski definition) is 1. The van der Waals surface area contributed by atoms with Crippen molar-refractivity contribution in [1.29, 1.82) is 0 Å². The van der Waals surface area contributed by atoms with Gasteiger partial charge in [-0.1, -0.05) is 37.1 Å². The standard InChI is InChI=1S/C16H17NO2S/c18-11-12-9-10-16(15-8-4-3-7-14(12)15)20(19)17-13-5-1-2-6-13/h3-4,7-11,13,17H,1-2,5-6H2. The van der Waals surface area contributed by atoms with Crippen LogP contribution in [0.15, 0.2) is 41.3 Å². The van der Waals surface area contributed by atoms with Crippen molar-refractivity contribution >= 4 is 28.0 Å². The van der Waals surface area contributed by atoms with Crippen molar-refractivity contribution in [3.05, 3.63) is 42.0 Å². The van der Waals surface area contributed by atoms with Crippen molar-refractivity contribution < 1.29 is 9.00 Å². The molecule has 1 atom stereocenters. The number of aldehydes is 1.